The summed E-state index contributed by atoms with van der Waals surface area (Å²) in [6, 6.07) is 7.98. The number of hydrogen-bond acceptors (Lipinski definition) is 2. The Morgan fingerprint density at radius 3 is 2.63 bits per heavy atom. The number of Topliss-reactive ketones (excluding diaryl/α,β-unsaturated/α-hetero) is 1. The third kappa shape index (κ3) is 2.80. The van der Waals surface area contributed by atoms with E-state index in [1.807, 2.05) is 31.3 Å². The van der Waals surface area contributed by atoms with E-state index in [2.05, 4.69) is 23.7 Å². The van der Waals surface area contributed by atoms with Crippen LogP contribution in [0.3, 0.4) is 0 Å². The zero-order valence-corrected chi connectivity index (χ0v) is 12.2. The lowest BCUT2D eigenvalue weighted by Crippen LogP contribution is -2.22. The van der Waals surface area contributed by atoms with Gasteiger partial charge in [0.05, 0.1) is 5.56 Å². The van der Waals surface area contributed by atoms with Gasteiger partial charge in [0.15, 0.2) is 5.78 Å². The quantitative estimate of drug-likeness (QED) is 0.827. The molecule has 1 heterocycles. The topological polar surface area (TPSA) is 36.1 Å². The van der Waals surface area contributed by atoms with Crippen molar-refractivity contribution in [2.24, 2.45) is 5.92 Å². The lowest BCUT2D eigenvalue weighted by atomic mass is 10.1. The highest BCUT2D eigenvalue weighted by Crippen LogP contribution is 2.29. The molecule has 0 radical (unpaired) electrons. The molecule has 3 nitrogen and oxygen atoms in total. The number of ketones is 1. The minimum atomic E-state index is 0.115. The summed E-state index contributed by atoms with van der Waals surface area (Å²) in [7, 11) is 2.04. The average Bonchev–Trinajstić information content (AvgIpc) is 2.75. The minimum absolute atomic E-state index is 0.115. The maximum atomic E-state index is 11.9. The first-order valence-corrected chi connectivity index (χ1v) is 6.83. The zero-order valence-electron chi connectivity index (χ0n) is 12.2. The standard InChI is InChI=1S/C16H22N2O/c1-11(2)9-10-18(4)16-15(12(3)19)13-7-5-6-8-14(13)17-16/h5-8,11,17H,9-10H2,1-4H3. The van der Waals surface area contributed by atoms with E-state index in [1.54, 1.807) is 6.92 Å². The van der Waals surface area contributed by atoms with Crippen LogP contribution in [0.2, 0.25) is 0 Å². The molecule has 2 aromatic rings. The van der Waals surface area contributed by atoms with Crippen LogP contribution >= 0.6 is 0 Å². The van der Waals surface area contributed by atoms with Crippen LogP contribution in [0.4, 0.5) is 5.82 Å². The first-order valence-electron chi connectivity index (χ1n) is 6.83. The Morgan fingerprint density at radius 1 is 1.32 bits per heavy atom. The van der Waals surface area contributed by atoms with E-state index < -0.39 is 0 Å². The Kier molecular flexibility index (Phi) is 3.93. The number of anilines is 1. The number of benzene rings is 1. The predicted octanol–water partition coefficient (Wildman–Crippen LogP) is 3.85. The average molecular weight is 258 g/mol. The summed E-state index contributed by atoms with van der Waals surface area (Å²) in [6.07, 6.45) is 1.11. The maximum absolute atomic E-state index is 11.9. The van der Waals surface area contributed by atoms with Crippen molar-refractivity contribution in [3.05, 3.63) is 29.8 Å². The van der Waals surface area contributed by atoms with Gasteiger partial charge in [-0.15, -0.1) is 0 Å². The fourth-order valence-corrected chi connectivity index (χ4v) is 2.33. The largest absolute Gasteiger partial charge is 0.361 e. The van der Waals surface area contributed by atoms with Gasteiger partial charge >= 0.3 is 0 Å². The number of carbonyl (C=O) groups excluding carboxylic acids is 1. The van der Waals surface area contributed by atoms with Gasteiger partial charge in [0.25, 0.3) is 0 Å². The molecule has 0 atom stereocenters. The fourth-order valence-electron chi connectivity index (χ4n) is 2.33. The van der Waals surface area contributed by atoms with Crippen molar-refractivity contribution < 1.29 is 4.79 Å². The Labute approximate surface area is 114 Å². The first kappa shape index (κ1) is 13.7. The molecule has 1 aromatic carbocycles. The van der Waals surface area contributed by atoms with Gasteiger partial charge in [-0.1, -0.05) is 32.0 Å². The maximum Gasteiger partial charge on any atom is 0.164 e. The molecule has 0 fully saturated rings. The van der Waals surface area contributed by atoms with Crippen molar-refractivity contribution in [1.82, 2.24) is 4.98 Å². The number of carbonyl (C=O) groups is 1. The molecule has 0 amide bonds. The van der Waals surface area contributed by atoms with E-state index in [1.165, 1.54) is 0 Å². The Hall–Kier alpha value is -1.77. The van der Waals surface area contributed by atoms with Gasteiger partial charge in [0.2, 0.25) is 0 Å². The lowest BCUT2D eigenvalue weighted by molar-refractivity contribution is 0.101. The molecule has 0 aliphatic heterocycles. The van der Waals surface area contributed by atoms with E-state index in [0.29, 0.717) is 5.92 Å². The molecule has 102 valence electrons. The number of hydrogen-bond donors (Lipinski definition) is 1. The van der Waals surface area contributed by atoms with Crippen LogP contribution in [0.15, 0.2) is 24.3 Å². The molecule has 0 saturated heterocycles. The van der Waals surface area contributed by atoms with Crippen LogP contribution in [-0.4, -0.2) is 24.4 Å². The molecular weight excluding hydrogens is 236 g/mol. The molecule has 0 unspecified atom stereocenters. The van der Waals surface area contributed by atoms with Crippen molar-refractivity contribution >= 4 is 22.5 Å². The van der Waals surface area contributed by atoms with Gasteiger partial charge in [-0.25, -0.2) is 0 Å². The number of aromatic nitrogens is 1. The normalized spacial score (nSPS) is 11.2. The van der Waals surface area contributed by atoms with Gasteiger partial charge in [0, 0.05) is 24.5 Å². The highest BCUT2D eigenvalue weighted by Gasteiger charge is 2.17. The number of H-pyrrole nitrogens is 1. The molecule has 19 heavy (non-hydrogen) atoms. The molecule has 3 heteroatoms. The molecule has 2 rings (SSSR count). The summed E-state index contributed by atoms with van der Waals surface area (Å²) in [4.78, 5) is 17.5. The predicted molar refractivity (Wildman–Crippen MR) is 81.0 cm³/mol. The zero-order chi connectivity index (χ0) is 14.0. The smallest absolute Gasteiger partial charge is 0.164 e. The molecule has 0 bridgehead atoms. The number of rotatable bonds is 5. The van der Waals surface area contributed by atoms with Crippen molar-refractivity contribution in [3.63, 3.8) is 0 Å². The second kappa shape index (κ2) is 5.47. The second-order valence-electron chi connectivity index (χ2n) is 5.55. The minimum Gasteiger partial charge on any atom is -0.361 e. The van der Waals surface area contributed by atoms with Crippen LogP contribution in [0, 0.1) is 5.92 Å². The van der Waals surface area contributed by atoms with Crippen LogP contribution in [0.1, 0.15) is 37.6 Å². The summed E-state index contributed by atoms with van der Waals surface area (Å²) in [5.74, 6) is 1.71. The van der Waals surface area contributed by atoms with E-state index in [4.69, 9.17) is 0 Å². The molecule has 0 aliphatic carbocycles. The third-order valence-corrected chi connectivity index (χ3v) is 3.46. The molecule has 1 aromatic heterocycles. The number of para-hydroxylation sites is 1. The van der Waals surface area contributed by atoms with Gasteiger partial charge in [-0.05, 0) is 25.3 Å². The van der Waals surface area contributed by atoms with Gasteiger partial charge in [-0.3, -0.25) is 4.79 Å². The lowest BCUT2D eigenvalue weighted by Gasteiger charge is -2.20. The van der Waals surface area contributed by atoms with Gasteiger partial charge in [-0.2, -0.15) is 0 Å². The molecule has 0 aliphatic rings. The molecule has 1 N–H and O–H groups in total. The molecule has 0 spiro atoms. The highest BCUT2D eigenvalue weighted by atomic mass is 16.1. The van der Waals surface area contributed by atoms with Crippen LogP contribution < -0.4 is 4.90 Å². The first-order chi connectivity index (χ1) is 9.00. The Balaban J connectivity index is 2.41. The van der Waals surface area contributed by atoms with Crippen molar-refractivity contribution in [2.45, 2.75) is 27.2 Å². The van der Waals surface area contributed by atoms with Gasteiger partial charge in [0.1, 0.15) is 5.82 Å². The molecular formula is C16H22N2O. The Morgan fingerprint density at radius 2 is 2.00 bits per heavy atom. The van der Waals surface area contributed by atoms with E-state index in [9.17, 15) is 4.79 Å². The highest BCUT2D eigenvalue weighted by molar-refractivity contribution is 6.11. The fraction of sp³-hybridized carbons (Fsp3) is 0.438. The van der Waals surface area contributed by atoms with Crippen molar-refractivity contribution in [3.8, 4) is 0 Å². The summed E-state index contributed by atoms with van der Waals surface area (Å²) in [5, 5.41) is 1.02. The van der Waals surface area contributed by atoms with E-state index >= 15 is 0 Å². The number of nitrogens with zero attached hydrogens (tertiary/aromatic N) is 1. The van der Waals surface area contributed by atoms with Crippen molar-refractivity contribution in [2.75, 3.05) is 18.5 Å². The third-order valence-electron chi connectivity index (χ3n) is 3.46. The van der Waals surface area contributed by atoms with Crippen LogP contribution in [0.25, 0.3) is 10.9 Å². The Bertz CT molecular complexity index is 583. The molecule has 0 saturated carbocycles. The SMILES string of the molecule is CC(=O)c1c(N(C)CCC(C)C)[nH]c2ccccc12. The summed E-state index contributed by atoms with van der Waals surface area (Å²) < 4.78 is 0. The summed E-state index contributed by atoms with van der Waals surface area (Å²) in [6.45, 7) is 7.01. The van der Waals surface area contributed by atoms with Crippen molar-refractivity contribution in [1.29, 1.82) is 0 Å². The van der Waals surface area contributed by atoms with Gasteiger partial charge < -0.3 is 9.88 Å². The number of fused-ring (bicyclic) bond motifs is 1. The van der Waals surface area contributed by atoms with E-state index in [-0.39, 0.29) is 5.78 Å². The monoisotopic (exact) mass is 258 g/mol. The number of nitrogens with one attached hydrogen (secondary N) is 1. The second-order valence-corrected chi connectivity index (χ2v) is 5.55. The van der Waals surface area contributed by atoms with E-state index in [0.717, 1.165) is 35.2 Å². The summed E-state index contributed by atoms with van der Waals surface area (Å²) in [5.41, 5.74) is 1.83. The van der Waals surface area contributed by atoms with Crippen LogP contribution in [0.5, 0.6) is 0 Å². The summed E-state index contributed by atoms with van der Waals surface area (Å²) >= 11 is 0. The number of aromatic amines is 1. The van der Waals surface area contributed by atoms with Crippen LogP contribution in [-0.2, 0) is 0 Å².